The van der Waals surface area contributed by atoms with Crippen molar-refractivity contribution >= 4 is 22.6 Å². The van der Waals surface area contributed by atoms with Gasteiger partial charge in [-0.25, -0.2) is 0 Å². The van der Waals surface area contributed by atoms with E-state index in [1.807, 2.05) is 0 Å². The highest BCUT2D eigenvalue weighted by molar-refractivity contribution is 14.1. The van der Waals surface area contributed by atoms with Crippen molar-refractivity contribution in [1.29, 1.82) is 0 Å². The predicted octanol–water partition coefficient (Wildman–Crippen LogP) is 4.49. The van der Waals surface area contributed by atoms with E-state index in [-0.39, 0.29) is 5.54 Å². The minimum absolute atomic E-state index is 0.219. The van der Waals surface area contributed by atoms with E-state index in [2.05, 4.69) is 86.8 Å². The number of nitrogens with one attached hydrogen (secondary N) is 1. The summed E-state index contributed by atoms with van der Waals surface area (Å²) in [5.74, 6) is 1.41. The van der Waals surface area contributed by atoms with Gasteiger partial charge in [-0.1, -0.05) is 26.0 Å². The molecule has 2 atom stereocenters. The van der Waals surface area contributed by atoms with E-state index in [0.717, 1.165) is 6.54 Å². The molecule has 1 rings (SSSR count). The fraction of sp³-hybridized carbons (Fsp3) is 0.625. The first-order chi connectivity index (χ1) is 8.28. The molecule has 0 amide bonds. The van der Waals surface area contributed by atoms with E-state index in [1.165, 1.54) is 15.6 Å². The monoisotopic (exact) mass is 359 g/mol. The summed E-state index contributed by atoms with van der Waals surface area (Å²) in [7, 11) is 0. The van der Waals surface area contributed by atoms with Crippen LogP contribution in [0.5, 0.6) is 0 Å². The second-order valence-corrected chi connectivity index (χ2v) is 7.66. The fourth-order valence-electron chi connectivity index (χ4n) is 1.86. The summed E-state index contributed by atoms with van der Waals surface area (Å²) >= 11 is 2.36. The zero-order valence-electron chi connectivity index (χ0n) is 12.3. The molecule has 0 radical (unpaired) electrons. The summed E-state index contributed by atoms with van der Waals surface area (Å²) in [5.41, 5.74) is 1.67. The Labute approximate surface area is 126 Å². The molecule has 0 saturated heterocycles. The van der Waals surface area contributed by atoms with E-state index < -0.39 is 0 Å². The molecule has 0 aliphatic carbocycles. The zero-order valence-corrected chi connectivity index (χ0v) is 14.4. The number of hydrogen-bond acceptors (Lipinski definition) is 1. The lowest BCUT2D eigenvalue weighted by molar-refractivity contribution is 0.317. The molecule has 0 heterocycles. The van der Waals surface area contributed by atoms with Crippen molar-refractivity contribution in [2.24, 2.45) is 11.8 Å². The maximum atomic E-state index is 3.60. The Balaban J connectivity index is 2.44. The van der Waals surface area contributed by atoms with Crippen molar-refractivity contribution < 1.29 is 0 Å². The number of benzene rings is 1. The molecule has 1 aromatic carbocycles. The predicted molar refractivity (Wildman–Crippen MR) is 88.9 cm³/mol. The topological polar surface area (TPSA) is 12.0 Å². The smallest absolute Gasteiger partial charge is 0.0130 e. The second kappa shape index (κ2) is 6.90. The third kappa shape index (κ3) is 6.19. The van der Waals surface area contributed by atoms with Gasteiger partial charge in [-0.3, -0.25) is 0 Å². The molecule has 2 heteroatoms. The van der Waals surface area contributed by atoms with Crippen molar-refractivity contribution in [3.63, 3.8) is 0 Å². The summed E-state index contributed by atoms with van der Waals surface area (Å²) in [4.78, 5) is 0. The molecule has 2 unspecified atom stereocenters. The minimum atomic E-state index is 0.219. The number of hydrogen-bond donors (Lipinski definition) is 1. The van der Waals surface area contributed by atoms with Crippen molar-refractivity contribution in [3.8, 4) is 0 Å². The summed E-state index contributed by atoms with van der Waals surface area (Å²) in [6, 6.07) is 8.89. The molecular weight excluding hydrogens is 333 g/mol. The first kappa shape index (κ1) is 16.0. The van der Waals surface area contributed by atoms with Crippen LogP contribution in [0.2, 0.25) is 0 Å². The largest absolute Gasteiger partial charge is 0.312 e. The number of halogens is 1. The second-order valence-electron chi connectivity index (χ2n) is 6.42. The minimum Gasteiger partial charge on any atom is -0.312 e. The van der Waals surface area contributed by atoms with Gasteiger partial charge in [0, 0.05) is 9.11 Å². The summed E-state index contributed by atoms with van der Waals surface area (Å²) in [6.45, 7) is 12.5. The highest BCUT2D eigenvalue weighted by Gasteiger charge is 2.16. The van der Waals surface area contributed by atoms with Crippen LogP contribution in [0.1, 0.15) is 40.2 Å². The summed E-state index contributed by atoms with van der Waals surface area (Å²) in [5, 5.41) is 3.60. The van der Waals surface area contributed by atoms with Gasteiger partial charge in [0.2, 0.25) is 0 Å². The molecule has 18 heavy (non-hydrogen) atoms. The molecule has 1 N–H and O–H groups in total. The quantitative estimate of drug-likeness (QED) is 0.764. The lowest BCUT2D eigenvalue weighted by Gasteiger charge is -2.26. The molecule has 0 aliphatic heterocycles. The lowest BCUT2D eigenvalue weighted by Crippen LogP contribution is -2.40. The molecule has 0 saturated carbocycles. The molecular formula is C16H26IN. The third-order valence-electron chi connectivity index (χ3n) is 3.40. The first-order valence-corrected chi connectivity index (χ1v) is 7.85. The Kier molecular flexibility index (Phi) is 6.12. The van der Waals surface area contributed by atoms with Gasteiger partial charge in [0.25, 0.3) is 0 Å². The van der Waals surface area contributed by atoms with E-state index in [9.17, 15) is 0 Å². The lowest BCUT2D eigenvalue weighted by atomic mass is 9.89. The van der Waals surface area contributed by atoms with Gasteiger partial charge in [0.1, 0.15) is 0 Å². The standard InChI is InChI=1S/C16H26IN/c1-12(13(2)11-18-16(3,4)5)10-14-6-8-15(17)9-7-14/h6-9,12-13,18H,10-11H2,1-5H3. The van der Waals surface area contributed by atoms with Gasteiger partial charge in [-0.15, -0.1) is 0 Å². The van der Waals surface area contributed by atoms with Crippen molar-refractivity contribution in [3.05, 3.63) is 33.4 Å². The van der Waals surface area contributed by atoms with Crippen LogP contribution in [0, 0.1) is 15.4 Å². The van der Waals surface area contributed by atoms with Gasteiger partial charge in [-0.2, -0.15) is 0 Å². The maximum Gasteiger partial charge on any atom is 0.0130 e. The van der Waals surface area contributed by atoms with Crippen LogP contribution in [-0.4, -0.2) is 12.1 Å². The third-order valence-corrected chi connectivity index (χ3v) is 4.12. The van der Waals surface area contributed by atoms with Crippen molar-refractivity contribution in [2.45, 2.75) is 46.6 Å². The van der Waals surface area contributed by atoms with Gasteiger partial charge in [0.05, 0.1) is 0 Å². The van der Waals surface area contributed by atoms with Crippen molar-refractivity contribution in [2.75, 3.05) is 6.54 Å². The van der Waals surface area contributed by atoms with Crippen LogP contribution in [0.15, 0.2) is 24.3 Å². The Bertz CT molecular complexity index is 350. The maximum absolute atomic E-state index is 3.60. The van der Waals surface area contributed by atoms with Gasteiger partial charge in [-0.05, 0) is 85.9 Å². The highest BCUT2D eigenvalue weighted by Crippen LogP contribution is 2.18. The highest BCUT2D eigenvalue weighted by atomic mass is 127. The van der Waals surface area contributed by atoms with Crippen LogP contribution in [0.4, 0.5) is 0 Å². The molecule has 0 fully saturated rings. The Morgan fingerprint density at radius 1 is 1.06 bits per heavy atom. The first-order valence-electron chi connectivity index (χ1n) is 6.77. The van der Waals surface area contributed by atoms with Gasteiger partial charge in [0.15, 0.2) is 0 Å². The molecule has 1 nitrogen and oxygen atoms in total. The Morgan fingerprint density at radius 2 is 1.61 bits per heavy atom. The molecule has 0 aliphatic rings. The van der Waals surface area contributed by atoms with Crippen LogP contribution < -0.4 is 5.32 Å². The average Bonchev–Trinajstić information content (AvgIpc) is 2.28. The summed E-state index contributed by atoms with van der Waals surface area (Å²) in [6.07, 6.45) is 1.17. The number of rotatable bonds is 5. The van der Waals surface area contributed by atoms with E-state index >= 15 is 0 Å². The molecule has 102 valence electrons. The average molecular weight is 359 g/mol. The Hall–Kier alpha value is -0.0900. The van der Waals surface area contributed by atoms with E-state index in [4.69, 9.17) is 0 Å². The van der Waals surface area contributed by atoms with E-state index in [0.29, 0.717) is 11.8 Å². The van der Waals surface area contributed by atoms with Gasteiger partial charge < -0.3 is 5.32 Å². The normalized spacial score (nSPS) is 15.4. The fourth-order valence-corrected chi connectivity index (χ4v) is 2.22. The summed E-state index contributed by atoms with van der Waals surface area (Å²) < 4.78 is 1.31. The van der Waals surface area contributed by atoms with Gasteiger partial charge >= 0.3 is 0 Å². The molecule has 1 aromatic rings. The molecule has 0 bridgehead atoms. The van der Waals surface area contributed by atoms with Crippen molar-refractivity contribution in [1.82, 2.24) is 5.32 Å². The SMILES string of the molecule is CC(CNC(C)(C)C)C(C)Cc1ccc(I)cc1. The van der Waals surface area contributed by atoms with E-state index in [1.54, 1.807) is 0 Å². The zero-order chi connectivity index (χ0) is 13.8. The van der Waals surface area contributed by atoms with Crippen LogP contribution in [0.3, 0.4) is 0 Å². The van der Waals surface area contributed by atoms with Crippen LogP contribution in [0.25, 0.3) is 0 Å². The van der Waals surface area contributed by atoms with Crippen LogP contribution in [-0.2, 0) is 6.42 Å². The molecule has 0 aromatic heterocycles. The Morgan fingerprint density at radius 3 is 2.11 bits per heavy atom. The molecule has 0 spiro atoms. The van der Waals surface area contributed by atoms with Crippen LogP contribution >= 0.6 is 22.6 Å².